The lowest BCUT2D eigenvalue weighted by Gasteiger charge is -2.27. The highest BCUT2D eigenvalue weighted by Crippen LogP contribution is 2.31. The van der Waals surface area contributed by atoms with E-state index in [-0.39, 0.29) is 11.8 Å². The number of carbonyl (C=O) groups excluding carboxylic acids is 2. The van der Waals surface area contributed by atoms with Gasteiger partial charge in [0.15, 0.2) is 0 Å². The van der Waals surface area contributed by atoms with Crippen molar-refractivity contribution in [2.75, 3.05) is 13.1 Å². The quantitative estimate of drug-likeness (QED) is 0.711. The molecule has 1 atom stereocenters. The van der Waals surface area contributed by atoms with Crippen molar-refractivity contribution in [1.82, 2.24) is 10.6 Å². The topological polar surface area (TPSA) is 58.2 Å². The average molecular weight is 254 g/mol. The largest absolute Gasteiger partial charge is 0.355 e. The van der Waals surface area contributed by atoms with Gasteiger partial charge in [0.1, 0.15) is 0 Å². The van der Waals surface area contributed by atoms with Gasteiger partial charge in [-0.25, -0.2) is 0 Å². The zero-order chi connectivity index (χ0) is 13.4. The first-order valence-corrected chi connectivity index (χ1v) is 7.10. The van der Waals surface area contributed by atoms with Crippen molar-refractivity contribution in [3.8, 4) is 0 Å². The summed E-state index contributed by atoms with van der Waals surface area (Å²) in [6.45, 7) is 4.70. The lowest BCUT2D eigenvalue weighted by molar-refractivity contribution is -0.123. The Kier molecular flexibility index (Phi) is 6.76. The molecule has 0 aliphatic heterocycles. The van der Waals surface area contributed by atoms with Crippen LogP contribution in [-0.2, 0) is 9.59 Å². The first kappa shape index (κ1) is 15.0. The van der Waals surface area contributed by atoms with Gasteiger partial charge in [0, 0.05) is 26.4 Å². The van der Waals surface area contributed by atoms with Gasteiger partial charge in [-0.05, 0) is 11.8 Å². The highest BCUT2D eigenvalue weighted by Gasteiger charge is 2.21. The molecular weight excluding hydrogens is 228 g/mol. The van der Waals surface area contributed by atoms with Gasteiger partial charge in [-0.3, -0.25) is 9.59 Å². The van der Waals surface area contributed by atoms with Crippen LogP contribution in [0.4, 0.5) is 0 Å². The zero-order valence-electron chi connectivity index (χ0n) is 11.6. The number of nitrogens with one attached hydrogen (secondary N) is 2. The van der Waals surface area contributed by atoms with Gasteiger partial charge in [-0.15, -0.1) is 0 Å². The van der Waals surface area contributed by atoms with Crippen molar-refractivity contribution in [3.63, 3.8) is 0 Å². The van der Waals surface area contributed by atoms with E-state index >= 15 is 0 Å². The average Bonchev–Trinajstić information content (AvgIpc) is 2.35. The van der Waals surface area contributed by atoms with E-state index in [1.54, 1.807) is 0 Å². The third-order valence-electron chi connectivity index (χ3n) is 3.78. The molecule has 2 amide bonds. The number of carbonyl (C=O) groups is 2. The molecule has 1 aliphatic carbocycles. The predicted molar refractivity (Wildman–Crippen MR) is 72.0 cm³/mol. The Bertz CT molecular complexity index is 273. The van der Waals surface area contributed by atoms with Crippen LogP contribution < -0.4 is 10.6 Å². The summed E-state index contributed by atoms with van der Waals surface area (Å²) in [5.74, 6) is 1.25. The molecule has 1 rings (SSSR count). The van der Waals surface area contributed by atoms with E-state index in [1.807, 2.05) is 0 Å². The third-order valence-corrected chi connectivity index (χ3v) is 3.78. The lowest BCUT2D eigenvalue weighted by atomic mass is 9.79. The third kappa shape index (κ3) is 6.03. The van der Waals surface area contributed by atoms with Crippen LogP contribution >= 0.6 is 0 Å². The molecule has 1 aliphatic rings. The summed E-state index contributed by atoms with van der Waals surface area (Å²) in [5.41, 5.74) is 0. The highest BCUT2D eigenvalue weighted by molar-refractivity contribution is 5.76. The second kappa shape index (κ2) is 8.11. The van der Waals surface area contributed by atoms with Gasteiger partial charge in [0.05, 0.1) is 0 Å². The van der Waals surface area contributed by atoms with Crippen LogP contribution in [0.15, 0.2) is 0 Å². The smallest absolute Gasteiger partial charge is 0.220 e. The van der Waals surface area contributed by atoms with Gasteiger partial charge in [0.2, 0.25) is 11.8 Å². The minimum atomic E-state index is -0.0557. The number of amides is 2. The molecule has 0 radical (unpaired) electrons. The minimum Gasteiger partial charge on any atom is -0.355 e. The van der Waals surface area contributed by atoms with Gasteiger partial charge in [-0.1, -0.05) is 39.0 Å². The maximum Gasteiger partial charge on any atom is 0.220 e. The molecule has 0 unspecified atom stereocenters. The van der Waals surface area contributed by atoms with Crippen molar-refractivity contribution in [1.29, 1.82) is 0 Å². The molecular formula is C14H26N2O2. The van der Waals surface area contributed by atoms with Gasteiger partial charge in [0.25, 0.3) is 0 Å². The molecule has 0 aromatic heterocycles. The molecule has 4 heteroatoms. The predicted octanol–water partition coefficient (Wildman–Crippen LogP) is 1.85. The second-order valence-electron chi connectivity index (χ2n) is 5.41. The fraction of sp³-hybridized carbons (Fsp3) is 0.857. The molecule has 0 spiro atoms. The Hall–Kier alpha value is -1.06. The molecule has 104 valence electrons. The normalized spacial score (nSPS) is 18.1. The summed E-state index contributed by atoms with van der Waals surface area (Å²) in [6, 6.07) is 0. The molecule has 0 aromatic rings. The molecule has 0 bridgehead atoms. The maximum atomic E-state index is 11.7. The van der Waals surface area contributed by atoms with E-state index in [0.717, 1.165) is 5.92 Å². The SMILES string of the molecule is CC(=O)NCCNC(=O)C[C@@H](C)C1CCCCC1. The Morgan fingerprint density at radius 2 is 1.72 bits per heavy atom. The number of rotatable bonds is 6. The van der Waals surface area contributed by atoms with Crippen molar-refractivity contribution >= 4 is 11.8 Å². The second-order valence-corrected chi connectivity index (χ2v) is 5.41. The van der Waals surface area contributed by atoms with Crippen molar-refractivity contribution in [2.24, 2.45) is 11.8 Å². The Morgan fingerprint density at radius 3 is 2.33 bits per heavy atom. The molecule has 4 nitrogen and oxygen atoms in total. The van der Waals surface area contributed by atoms with E-state index in [1.165, 1.54) is 39.0 Å². The summed E-state index contributed by atoms with van der Waals surface area (Å²) in [7, 11) is 0. The molecule has 1 saturated carbocycles. The van der Waals surface area contributed by atoms with Crippen molar-refractivity contribution in [3.05, 3.63) is 0 Å². The number of hydrogen-bond acceptors (Lipinski definition) is 2. The Balaban J connectivity index is 2.12. The molecule has 18 heavy (non-hydrogen) atoms. The summed E-state index contributed by atoms with van der Waals surface area (Å²) in [6.07, 6.45) is 7.16. The molecule has 0 aromatic carbocycles. The molecule has 0 heterocycles. The van der Waals surface area contributed by atoms with Gasteiger partial charge < -0.3 is 10.6 Å². The van der Waals surface area contributed by atoms with Crippen molar-refractivity contribution in [2.45, 2.75) is 52.4 Å². The standard InChI is InChI=1S/C14H26N2O2/c1-11(13-6-4-3-5-7-13)10-14(18)16-9-8-15-12(2)17/h11,13H,3-10H2,1-2H3,(H,15,17)(H,16,18)/t11-/m1/s1. The van der Waals surface area contributed by atoms with E-state index in [2.05, 4.69) is 17.6 Å². The molecule has 1 fully saturated rings. The molecule has 2 N–H and O–H groups in total. The van der Waals surface area contributed by atoms with Crippen LogP contribution in [0.1, 0.15) is 52.4 Å². The summed E-state index contributed by atoms with van der Waals surface area (Å²) >= 11 is 0. The van der Waals surface area contributed by atoms with Gasteiger partial charge in [-0.2, -0.15) is 0 Å². The van der Waals surface area contributed by atoms with Crippen LogP contribution in [0.25, 0.3) is 0 Å². The summed E-state index contributed by atoms with van der Waals surface area (Å²) in [5, 5.41) is 5.52. The van der Waals surface area contributed by atoms with Crippen LogP contribution in [-0.4, -0.2) is 24.9 Å². The Labute approximate surface area is 110 Å². The van der Waals surface area contributed by atoms with Crippen LogP contribution in [0.2, 0.25) is 0 Å². The monoisotopic (exact) mass is 254 g/mol. The van der Waals surface area contributed by atoms with E-state index in [4.69, 9.17) is 0 Å². The first-order chi connectivity index (χ1) is 8.59. The van der Waals surface area contributed by atoms with E-state index < -0.39 is 0 Å². The maximum absolute atomic E-state index is 11.7. The van der Waals surface area contributed by atoms with Crippen LogP contribution in [0.5, 0.6) is 0 Å². The first-order valence-electron chi connectivity index (χ1n) is 7.10. The lowest BCUT2D eigenvalue weighted by Crippen LogP contribution is -2.34. The summed E-state index contributed by atoms with van der Waals surface area (Å²) < 4.78 is 0. The van der Waals surface area contributed by atoms with E-state index in [9.17, 15) is 9.59 Å². The Morgan fingerprint density at radius 1 is 1.11 bits per heavy atom. The van der Waals surface area contributed by atoms with Crippen molar-refractivity contribution < 1.29 is 9.59 Å². The van der Waals surface area contributed by atoms with E-state index in [0.29, 0.717) is 25.4 Å². The highest BCUT2D eigenvalue weighted by atomic mass is 16.2. The summed E-state index contributed by atoms with van der Waals surface area (Å²) in [4.78, 5) is 22.4. The zero-order valence-corrected chi connectivity index (χ0v) is 11.6. The fourth-order valence-corrected chi connectivity index (χ4v) is 2.67. The minimum absolute atomic E-state index is 0.0557. The molecule has 0 saturated heterocycles. The van der Waals surface area contributed by atoms with Gasteiger partial charge >= 0.3 is 0 Å². The number of hydrogen-bond donors (Lipinski definition) is 2. The van der Waals surface area contributed by atoms with Crippen LogP contribution in [0, 0.1) is 11.8 Å². The fourth-order valence-electron chi connectivity index (χ4n) is 2.67. The van der Waals surface area contributed by atoms with Crippen LogP contribution in [0.3, 0.4) is 0 Å².